The zero-order chi connectivity index (χ0) is 14.7. The number of nitrogen functional groups attached to an aromatic ring is 1. The molecule has 3 rings (SSSR count). The van der Waals surface area contributed by atoms with Crippen LogP contribution in [0, 0.1) is 11.3 Å². The van der Waals surface area contributed by atoms with E-state index < -0.39 is 0 Å². The minimum atomic E-state index is -0.112. The Kier molecular flexibility index (Phi) is 3.79. The Labute approximate surface area is 125 Å². The van der Waals surface area contributed by atoms with Crippen LogP contribution in [0.15, 0.2) is 48.5 Å². The van der Waals surface area contributed by atoms with Crippen molar-refractivity contribution in [3.05, 3.63) is 59.7 Å². The number of benzene rings is 2. The maximum atomic E-state index is 9.51. The lowest BCUT2D eigenvalue weighted by Gasteiger charge is -2.33. The van der Waals surface area contributed by atoms with Crippen LogP contribution in [0.25, 0.3) is 0 Å². The molecule has 21 heavy (non-hydrogen) atoms. The largest absolute Gasteiger partial charge is 0.398 e. The first kappa shape index (κ1) is 13.5. The lowest BCUT2D eigenvalue weighted by atomic mass is 9.96. The summed E-state index contributed by atoms with van der Waals surface area (Å²) in [6, 6.07) is 18.5. The third-order valence-electron chi connectivity index (χ3n) is 4.14. The number of nitrogens with zero attached hydrogens (tertiary/aromatic N) is 2. The van der Waals surface area contributed by atoms with Crippen LogP contribution in [0.1, 0.15) is 23.5 Å². The first-order valence-corrected chi connectivity index (χ1v) is 7.36. The van der Waals surface area contributed by atoms with Gasteiger partial charge in [0.1, 0.15) is 0 Å². The van der Waals surface area contributed by atoms with Gasteiger partial charge in [0.15, 0.2) is 0 Å². The zero-order valence-corrected chi connectivity index (χ0v) is 12.0. The van der Waals surface area contributed by atoms with E-state index in [9.17, 15) is 5.26 Å². The molecule has 0 amide bonds. The zero-order valence-electron chi connectivity index (χ0n) is 12.0. The van der Waals surface area contributed by atoms with Crippen LogP contribution in [-0.2, 0) is 6.42 Å². The van der Waals surface area contributed by atoms with E-state index in [-0.39, 0.29) is 5.92 Å². The summed E-state index contributed by atoms with van der Waals surface area (Å²) in [5.41, 5.74) is 10.5. The standard InChI is InChI=1S/C18H19N3/c19-12-15(14-6-2-1-3-7-14)13-21-11-5-8-16-17(20)9-4-10-18(16)21/h1-4,6-7,9-10,15H,5,8,11,13,20H2. The van der Waals surface area contributed by atoms with Gasteiger partial charge < -0.3 is 10.6 Å². The van der Waals surface area contributed by atoms with Crippen LogP contribution < -0.4 is 10.6 Å². The Morgan fingerprint density at radius 3 is 2.71 bits per heavy atom. The SMILES string of the molecule is N#CC(CN1CCCc2c(N)cccc21)c1ccccc1. The van der Waals surface area contributed by atoms with E-state index in [1.165, 1.54) is 11.3 Å². The third kappa shape index (κ3) is 2.71. The van der Waals surface area contributed by atoms with Gasteiger partial charge in [0, 0.05) is 24.5 Å². The number of fused-ring (bicyclic) bond motifs is 1. The van der Waals surface area contributed by atoms with Crippen molar-refractivity contribution in [3.8, 4) is 6.07 Å². The maximum absolute atomic E-state index is 9.51. The van der Waals surface area contributed by atoms with Crippen LogP contribution in [0.4, 0.5) is 11.4 Å². The lowest BCUT2D eigenvalue weighted by molar-refractivity contribution is 0.667. The van der Waals surface area contributed by atoms with Crippen molar-refractivity contribution >= 4 is 11.4 Å². The Balaban J connectivity index is 1.86. The van der Waals surface area contributed by atoms with Crippen molar-refractivity contribution in [2.45, 2.75) is 18.8 Å². The Hall–Kier alpha value is -2.47. The van der Waals surface area contributed by atoms with Crippen molar-refractivity contribution in [1.82, 2.24) is 0 Å². The molecule has 1 atom stereocenters. The van der Waals surface area contributed by atoms with E-state index in [1.54, 1.807) is 0 Å². The van der Waals surface area contributed by atoms with E-state index >= 15 is 0 Å². The lowest BCUT2D eigenvalue weighted by Crippen LogP contribution is -2.33. The van der Waals surface area contributed by atoms with Crippen LogP contribution in [0.5, 0.6) is 0 Å². The summed E-state index contributed by atoms with van der Waals surface area (Å²) < 4.78 is 0. The summed E-state index contributed by atoms with van der Waals surface area (Å²) >= 11 is 0. The van der Waals surface area contributed by atoms with Crippen molar-refractivity contribution < 1.29 is 0 Å². The molecule has 0 radical (unpaired) electrons. The first-order valence-electron chi connectivity index (χ1n) is 7.36. The average molecular weight is 277 g/mol. The highest BCUT2D eigenvalue weighted by molar-refractivity contribution is 5.66. The van der Waals surface area contributed by atoms with E-state index in [0.717, 1.165) is 37.2 Å². The summed E-state index contributed by atoms with van der Waals surface area (Å²) in [5.74, 6) is -0.112. The topological polar surface area (TPSA) is 53.0 Å². The molecule has 106 valence electrons. The fourth-order valence-electron chi connectivity index (χ4n) is 3.04. The number of anilines is 2. The molecule has 0 bridgehead atoms. The molecule has 2 aromatic rings. The summed E-state index contributed by atoms with van der Waals surface area (Å²) in [6.07, 6.45) is 2.12. The average Bonchev–Trinajstić information content (AvgIpc) is 2.54. The Morgan fingerprint density at radius 2 is 1.95 bits per heavy atom. The highest BCUT2D eigenvalue weighted by atomic mass is 15.1. The highest BCUT2D eigenvalue weighted by Crippen LogP contribution is 2.32. The molecule has 0 aromatic heterocycles. The minimum absolute atomic E-state index is 0.112. The second-order valence-corrected chi connectivity index (χ2v) is 5.49. The molecule has 1 unspecified atom stereocenters. The number of hydrogen-bond acceptors (Lipinski definition) is 3. The molecule has 1 aliphatic rings. The van der Waals surface area contributed by atoms with Gasteiger partial charge >= 0.3 is 0 Å². The molecule has 0 saturated heterocycles. The second-order valence-electron chi connectivity index (χ2n) is 5.49. The summed E-state index contributed by atoms with van der Waals surface area (Å²) in [6.45, 7) is 1.71. The summed E-state index contributed by atoms with van der Waals surface area (Å²) in [7, 11) is 0. The first-order chi connectivity index (χ1) is 10.3. The van der Waals surface area contributed by atoms with Gasteiger partial charge in [0.2, 0.25) is 0 Å². The number of hydrogen-bond donors (Lipinski definition) is 1. The normalized spacial score (nSPS) is 15.1. The summed E-state index contributed by atoms with van der Waals surface area (Å²) in [4.78, 5) is 2.30. The van der Waals surface area contributed by atoms with Gasteiger partial charge in [-0.1, -0.05) is 36.4 Å². The van der Waals surface area contributed by atoms with Crippen LogP contribution in [0.3, 0.4) is 0 Å². The van der Waals surface area contributed by atoms with Crippen LogP contribution >= 0.6 is 0 Å². The van der Waals surface area contributed by atoms with Crippen LogP contribution in [-0.4, -0.2) is 13.1 Å². The number of rotatable bonds is 3. The van der Waals surface area contributed by atoms with E-state index in [2.05, 4.69) is 17.0 Å². The molecule has 0 fully saturated rings. The van der Waals surface area contributed by atoms with E-state index in [0.29, 0.717) is 0 Å². The van der Waals surface area contributed by atoms with Gasteiger partial charge in [-0.15, -0.1) is 0 Å². The van der Waals surface area contributed by atoms with Gasteiger partial charge in [-0.05, 0) is 36.1 Å². The molecule has 3 nitrogen and oxygen atoms in total. The highest BCUT2D eigenvalue weighted by Gasteiger charge is 2.22. The third-order valence-corrected chi connectivity index (χ3v) is 4.14. The molecule has 0 spiro atoms. The Bertz CT molecular complexity index is 658. The second kappa shape index (κ2) is 5.88. The van der Waals surface area contributed by atoms with Crippen molar-refractivity contribution in [1.29, 1.82) is 5.26 Å². The predicted octanol–water partition coefficient (Wildman–Crippen LogP) is 3.33. The molecule has 1 aliphatic heterocycles. The quantitative estimate of drug-likeness (QED) is 0.875. The molecule has 2 N–H and O–H groups in total. The smallest absolute Gasteiger partial charge is 0.0887 e. The van der Waals surface area contributed by atoms with E-state index in [4.69, 9.17) is 5.73 Å². The van der Waals surface area contributed by atoms with Crippen molar-refractivity contribution in [2.24, 2.45) is 0 Å². The van der Waals surface area contributed by atoms with Gasteiger partial charge in [-0.3, -0.25) is 0 Å². The fraction of sp³-hybridized carbons (Fsp3) is 0.278. The molecular formula is C18H19N3. The van der Waals surface area contributed by atoms with E-state index in [1.807, 2.05) is 42.5 Å². The summed E-state index contributed by atoms with van der Waals surface area (Å²) in [5, 5.41) is 9.51. The number of nitrogens with two attached hydrogens (primary N) is 1. The minimum Gasteiger partial charge on any atom is -0.398 e. The van der Waals surface area contributed by atoms with Gasteiger partial charge in [-0.2, -0.15) is 5.26 Å². The van der Waals surface area contributed by atoms with Gasteiger partial charge in [0.05, 0.1) is 12.0 Å². The predicted molar refractivity (Wildman–Crippen MR) is 86.2 cm³/mol. The van der Waals surface area contributed by atoms with Crippen molar-refractivity contribution in [3.63, 3.8) is 0 Å². The van der Waals surface area contributed by atoms with Crippen molar-refractivity contribution in [2.75, 3.05) is 23.7 Å². The molecule has 2 aromatic carbocycles. The Morgan fingerprint density at radius 1 is 1.14 bits per heavy atom. The molecule has 0 saturated carbocycles. The molecular weight excluding hydrogens is 258 g/mol. The number of nitriles is 1. The van der Waals surface area contributed by atoms with Gasteiger partial charge in [-0.25, -0.2) is 0 Å². The molecule has 3 heteroatoms. The molecule has 1 heterocycles. The van der Waals surface area contributed by atoms with Gasteiger partial charge in [0.25, 0.3) is 0 Å². The van der Waals surface area contributed by atoms with Crippen LogP contribution in [0.2, 0.25) is 0 Å². The molecule has 0 aliphatic carbocycles. The fourth-order valence-corrected chi connectivity index (χ4v) is 3.04. The monoisotopic (exact) mass is 277 g/mol. The maximum Gasteiger partial charge on any atom is 0.0887 e.